The Hall–Kier alpha value is -1.90. The molecule has 0 aliphatic rings. The minimum absolute atomic E-state index is 0.281. The van der Waals surface area contributed by atoms with Gasteiger partial charge in [-0.3, -0.25) is 4.79 Å². The zero-order chi connectivity index (χ0) is 17.4. The van der Waals surface area contributed by atoms with Gasteiger partial charge in [0.2, 0.25) is 0 Å². The van der Waals surface area contributed by atoms with E-state index in [4.69, 9.17) is 9.47 Å². The van der Waals surface area contributed by atoms with Crippen LogP contribution in [0.2, 0.25) is 0 Å². The van der Waals surface area contributed by atoms with Gasteiger partial charge in [0, 0.05) is 9.37 Å². The second-order valence-corrected chi connectivity index (χ2v) is 6.86. The van der Waals surface area contributed by atoms with Gasteiger partial charge >= 0.3 is 5.97 Å². The van der Waals surface area contributed by atoms with E-state index >= 15 is 0 Å². The van der Waals surface area contributed by atoms with Crippen LogP contribution in [-0.2, 0) is 9.53 Å². The van der Waals surface area contributed by atoms with Gasteiger partial charge in [-0.15, -0.1) is 17.7 Å². The van der Waals surface area contributed by atoms with Gasteiger partial charge in [0.25, 0.3) is 0 Å². The van der Waals surface area contributed by atoms with E-state index in [9.17, 15) is 4.79 Å². The fourth-order valence-electron chi connectivity index (χ4n) is 1.97. The Labute approximate surface area is 154 Å². The second kappa shape index (κ2) is 9.41. The van der Waals surface area contributed by atoms with Gasteiger partial charge in [0.15, 0.2) is 0 Å². The number of rotatable bonds is 6. The number of hydrogen-bond donors (Lipinski definition) is 0. The molecule has 0 saturated carbocycles. The molecule has 2 aromatic carbocycles. The molecule has 0 bridgehead atoms. The Balaban J connectivity index is 2.14. The highest BCUT2D eigenvalue weighted by molar-refractivity contribution is 9.10. The lowest BCUT2D eigenvalue weighted by Gasteiger charge is -2.15. The molecule has 0 aliphatic carbocycles. The lowest BCUT2D eigenvalue weighted by Crippen LogP contribution is -2.11. The van der Waals surface area contributed by atoms with Crippen molar-refractivity contribution in [1.82, 2.24) is 0 Å². The Kier molecular flexibility index (Phi) is 7.23. The van der Waals surface area contributed by atoms with Crippen molar-refractivity contribution in [2.24, 2.45) is 0 Å². The molecule has 0 aliphatic heterocycles. The Morgan fingerprint density at radius 1 is 1.25 bits per heavy atom. The van der Waals surface area contributed by atoms with Crippen molar-refractivity contribution in [3.63, 3.8) is 0 Å². The van der Waals surface area contributed by atoms with Gasteiger partial charge in [-0.2, -0.15) is 0 Å². The monoisotopic (exact) mass is 404 g/mol. The zero-order valence-corrected chi connectivity index (χ0v) is 15.8. The highest BCUT2D eigenvalue weighted by Crippen LogP contribution is 2.37. The third-order valence-electron chi connectivity index (χ3n) is 3.13. The maximum atomic E-state index is 12.2. The maximum Gasteiger partial charge on any atom is 0.323 e. The number of carbonyl (C=O) groups is 1. The van der Waals surface area contributed by atoms with Crippen LogP contribution >= 0.6 is 27.7 Å². The molecule has 1 atom stereocenters. The van der Waals surface area contributed by atoms with E-state index in [1.807, 2.05) is 48.5 Å². The molecular formula is C19H17BrO3S. The molecule has 2 aromatic rings. The predicted molar refractivity (Wildman–Crippen MR) is 100 cm³/mol. The molecule has 0 saturated heterocycles. The van der Waals surface area contributed by atoms with Crippen molar-refractivity contribution >= 4 is 33.7 Å². The molecule has 0 amide bonds. The van der Waals surface area contributed by atoms with Crippen LogP contribution in [0.3, 0.4) is 0 Å². The molecule has 124 valence electrons. The SMILES string of the molecule is CC#CCOc1ccc(SC(C(=O)OC)c2cccc(Br)c2)cc1. The van der Waals surface area contributed by atoms with Crippen molar-refractivity contribution < 1.29 is 14.3 Å². The quantitative estimate of drug-likeness (QED) is 0.391. The van der Waals surface area contributed by atoms with Crippen LogP contribution in [0, 0.1) is 11.8 Å². The number of thioether (sulfide) groups is 1. The molecular weight excluding hydrogens is 388 g/mol. The van der Waals surface area contributed by atoms with Gasteiger partial charge < -0.3 is 9.47 Å². The molecule has 1 unspecified atom stereocenters. The van der Waals surface area contributed by atoms with Gasteiger partial charge in [-0.1, -0.05) is 34.0 Å². The van der Waals surface area contributed by atoms with Crippen molar-refractivity contribution in [2.45, 2.75) is 17.1 Å². The molecule has 5 heteroatoms. The fourth-order valence-corrected chi connectivity index (χ4v) is 3.43. The summed E-state index contributed by atoms with van der Waals surface area (Å²) in [6, 6.07) is 15.3. The minimum Gasteiger partial charge on any atom is -0.481 e. The number of methoxy groups -OCH3 is 1. The van der Waals surface area contributed by atoms with E-state index in [-0.39, 0.29) is 5.97 Å². The number of benzene rings is 2. The Bertz CT molecular complexity index is 747. The van der Waals surface area contributed by atoms with E-state index in [2.05, 4.69) is 27.8 Å². The van der Waals surface area contributed by atoms with Crippen LogP contribution < -0.4 is 4.74 Å². The van der Waals surface area contributed by atoms with Crippen LogP contribution in [-0.4, -0.2) is 19.7 Å². The summed E-state index contributed by atoms with van der Waals surface area (Å²) in [6.45, 7) is 2.14. The molecule has 0 aromatic heterocycles. The average Bonchev–Trinajstić information content (AvgIpc) is 2.60. The van der Waals surface area contributed by atoms with Gasteiger partial charge in [-0.05, 0) is 48.9 Å². The average molecular weight is 405 g/mol. The first-order valence-electron chi connectivity index (χ1n) is 7.26. The van der Waals surface area contributed by atoms with Gasteiger partial charge in [0.05, 0.1) is 7.11 Å². The number of ether oxygens (including phenoxy) is 2. The Morgan fingerprint density at radius 3 is 2.62 bits per heavy atom. The summed E-state index contributed by atoms with van der Waals surface area (Å²) < 4.78 is 11.4. The van der Waals surface area contributed by atoms with E-state index in [1.54, 1.807) is 6.92 Å². The summed E-state index contributed by atoms with van der Waals surface area (Å²) in [5, 5.41) is -0.426. The number of halogens is 1. The number of hydrogen-bond acceptors (Lipinski definition) is 4. The summed E-state index contributed by atoms with van der Waals surface area (Å²) in [7, 11) is 1.40. The summed E-state index contributed by atoms with van der Waals surface area (Å²) in [5.74, 6) is 6.10. The van der Waals surface area contributed by atoms with E-state index in [0.717, 1.165) is 20.7 Å². The fraction of sp³-hybridized carbons (Fsp3) is 0.211. The normalized spacial score (nSPS) is 11.1. The van der Waals surface area contributed by atoms with Crippen molar-refractivity contribution in [2.75, 3.05) is 13.7 Å². The molecule has 0 spiro atoms. The zero-order valence-electron chi connectivity index (χ0n) is 13.4. The standard InChI is InChI=1S/C19H17BrO3S/c1-3-4-12-23-16-8-10-17(11-9-16)24-18(19(21)22-2)14-6-5-7-15(20)13-14/h5-11,13,18H,12H2,1-2H3. The third-order valence-corrected chi connectivity index (χ3v) is 4.87. The largest absolute Gasteiger partial charge is 0.481 e. The van der Waals surface area contributed by atoms with Crippen LogP contribution in [0.15, 0.2) is 57.9 Å². The summed E-state index contributed by atoms with van der Waals surface area (Å²) in [6.07, 6.45) is 0. The van der Waals surface area contributed by atoms with Gasteiger partial charge in [0.1, 0.15) is 17.6 Å². The molecule has 0 heterocycles. The minimum atomic E-state index is -0.426. The van der Waals surface area contributed by atoms with Crippen LogP contribution in [0.5, 0.6) is 5.75 Å². The van der Waals surface area contributed by atoms with Gasteiger partial charge in [-0.25, -0.2) is 0 Å². The number of esters is 1. The second-order valence-electron chi connectivity index (χ2n) is 4.76. The first-order valence-corrected chi connectivity index (χ1v) is 8.93. The smallest absolute Gasteiger partial charge is 0.323 e. The predicted octanol–water partition coefficient (Wildman–Crippen LogP) is 4.86. The first-order chi connectivity index (χ1) is 11.6. The maximum absolute atomic E-state index is 12.2. The van der Waals surface area contributed by atoms with E-state index < -0.39 is 5.25 Å². The Morgan fingerprint density at radius 2 is 2.00 bits per heavy atom. The molecule has 0 fully saturated rings. The van der Waals surface area contributed by atoms with Crippen molar-refractivity contribution in [3.05, 3.63) is 58.6 Å². The van der Waals surface area contributed by atoms with E-state index in [0.29, 0.717) is 6.61 Å². The van der Waals surface area contributed by atoms with Crippen molar-refractivity contribution in [3.8, 4) is 17.6 Å². The third kappa shape index (κ3) is 5.33. The topological polar surface area (TPSA) is 35.5 Å². The van der Waals surface area contributed by atoms with Crippen LogP contribution in [0.1, 0.15) is 17.7 Å². The van der Waals surface area contributed by atoms with Crippen LogP contribution in [0.25, 0.3) is 0 Å². The molecule has 0 N–H and O–H groups in total. The van der Waals surface area contributed by atoms with Crippen molar-refractivity contribution in [1.29, 1.82) is 0 Å². The molecule has 24 heavy (non-hydrogen) atoms. The molecule has 3 nitrogen and oxygen atoms in total. The highest BCUT2D eigenvalue weighted by atomic mass is 79.9. The van der Waals surface area contributed by atoms with E-state index in [1.165, 1.54) is 18.9 Å². The summed E-state index contributed by atoms with van der Waals surface area (Å²) in [5.41, 5.74) is 0.889. The highest BCUT2D eigenvalue weighted by Gasteiger charge is 2.23. The summed E-state index contributed by atoms with van der Waals surface area (Å²) >= 11 is 4.88. The number of carbonyl (C=O) groups excluding carboxylic acids is 1. The lowest BCUT2D eigenvalue weighted by molar-refractivity contribution is -0.140. The van der Waals surface area contributed by atoms with Crippen LogP contribution in [0.4, 0.5) is 0 Å². The molecule has 2 rings (SSSR count). The summed E-state index contributed by atoms with van der Waals surface area (Å²) in [4.78, 5) is 13.1. The lowest BCUT2D eigenvalue weighted by atomic mass is 10.1. The first kappa shape index (κ1) is 18.4. The molecule has 0 radical (unpaired) electrons.